The first-order chi connectivity index (χ1) is 14.2. The fourth-order valence-electron chi connectivity index (χ4n) is 2.65. The van der Waals surface area contributed by atoms with Crippen LogP contribution in [0.3, 0.4) is 0 Å². The Balaban J connectivity index is 1.94. The van der Waals surface area contributed by atoms with Crippen molar-refractivity contribution in [3.8, 4) is 16.9 Å². The molecule has 1 amide bonds. The molecule has 0 bridgehead atoms. The number of ether oxygens (including phenoxy) is 1. The van der Waals surface area contributed by atoms with E-state index in [1.165, 1.54) is 30.3 Å². The molecule has 0 aliphatic heterocycles. The molecule has 10 heteroatoms. The van der Waals surface area contributed by atoms with Gasteiger partial charge < -0.3 is 4.74 Å². The highest BCUT2D eigenvalue weighted by molar-refractivity contribution is 7.90. The van der Waals surface area contributed by atoms with Crippen LogP contribution >= 0.6 is 11.6 Å². The van der Waals surface area contributed by atoms with Crippen LogP contribution in [0.2, 0.25) is 5.02 Å². The minimum atomic E-state index is -4.10. The van der Waals surface area contributed by atoms with E-state index in [1.54, 1.807) is 29.8 Å². The molecule has 0 atom stereocenters. The molecule has 0 saturated heterocycles. The standard InChI is InChI=1S/C20H18ClN3O5S/c1-3-29-20(26)23-30(27,28)16-7-5-15(6-8-16)24-19(25)11-10-18(22-24)14-4-9-17(21)13(2)12-14/h4-12H,3H2,1-2H3,(H,23,26). The van der Waals surface area contributed by atoms with Crippen molar-refractivity contribution < 1.29 is 17.9 Å². The average Bonchev–Trinajstić information content (AvgIpc) is 2.70. The SMILES string of the molecule is CCOC(=O)NS(=O)(=O)c1ccc(-n2nc(-c3ccc(Cl)c(C)c3)ccc2=O)cc1. The Labute approximate surface area is 178 Å². The molecular formula is C20H18ClN3O5S. The van der Waals surface area contributed by atoms with Crippen molar-refractivity contribution in [1.29, 1.82) is 0 Å². The van der Waals surface area contributed by atoms with Gasteiger partial charge in [-0.15, -0.1) is 0 Å². The van der Waals surface area contributed by atoms with Gasteiger partial charge in [-0.05, 0) is 61.9 Å². The number of hydrogen-bond acceptors (Lipinski definition) is 6. The van der Waals surface area contributed by atoms with E-state index >= 15 is 0 Å². The number of hydrogen-bond donors (Lipinski definition) is 1. The van der Waals surface area contributed by atoms with Crippen LogP contribution < -0.4 is 10.3 Å². The molecule has 30 heavy (non-hydrogen) atoms. The number of amides is 1. The van der Waals surface area contributed by atoms with Crippen molar-refractivity contribution in [2.45, 2.75) is 18.7 Å². The van der Waals surface area contributed by atoms with Gasteiger partial charge in [-0.2, -0.15) is 9.78 Å². The molecule has 0 fully saturated rings. The summed E-state index contributed by atoms with van der Waals surface area (Å²) in [6.45, 7) is 3.47. The molecular weight excluding hydrogens is 430 g/mol. The molecule has 1 aromatic heterocycles. The van der Waals surface area contributed by atoms with E-state index in [0.717, 1.165) is 15.8 Å². The van der Waals surface area contributed by atoms with Gasteiger partial charge >= 0.3 is 6.09 Å². The summed E-state index contributed by atoms with van der Waals surface area (Å²) in [5, 5.41) is 5.00. The van der Waals surface area contributed by atoms with Gasteiger partial charge in [0.05, 0.1) is 22.9 Å². The van der Waals surface area contributed by atoms with E-state index in [9.17, 15) is 18.0 Å². The second kappa shape index (κ2) is 8.68. The quantitative estimate of drug-likeness (QED) is 0.643. The molecule has 0 spiro atoms. The smallest absolute Gasteiger partial charge is 0.421 e. The molecule has 1 heterocycles. The zero-order chi connectivity index (χ0) is 21.9. The van der Waals surface area contributed by atoms with Gasteiger partial charge in [-0.3, -0.25) is 4.79 Å². The van der Waals surface area contributed by atoms with Crippen molar-refractivity contribution in [3.63, 3.8) is 0 Å². The number of carbonyl (C=O) groups excluding carboxylic acids is 1. The number of nitrogens with one attached hydrogen (secondary N) is 1. The third-order valence-corrected chi connectivity index (χ3v) is 5.89. The molecule has 0 saturated carbocycles. The van der Waals surface area contributed by atoms with Gasteiger partial charge in [-0.1, -0.05) is 17.7 Å². The molecule has 0 radical (unpaired) electrons. The van der Waals surface area contributed by atoms with Crippen molar-refractivity contribution in [3.05, 3.63) is 75.5 Å². The first-order valence-electron chi connectivity index (χ1n) is 8.88. The molecule has 3 aromatic rings. The number of carbonyl (C=O) groups is 1. The van der Waals surface area contributed by atoms with E-state index in [1.807, 2.05) is 13.0 Å². The highest BCUT2D eigenvalue weighted by Crippen LogP contribution is 2.23. The van der Waals surface area contributed by atoms with Crippen LogP contribution in [0.15, 0.2) is 64.3 Å². The normalized spacial score (nSPS) is 11.2. The molecule has 156 valence electrons. The van der Waals surface area contributed by atoms with Gasteiger partial charge in [0.15, 0.2) is 0 Å². The monoisotopic (exact) mass is 447 g/mol. The maximum atomic E-state index is 12.3. The lowest BCUT2D eigenvalue weighted by Crippen LogP contribution is -2.31. The molecule has 0 aliphatic rings. The lowest BCUT2D eigenvalue weighted by molar-refractivity contribution is 0.158. The van der Waals surface area contributed by atoms with Gasteiger partial charge in [0, 0.05) is 16.7 Å². The third-order valence-electron chi connectivity index (χ3n) is 4.14. The minimum absolute atomic E-state index is 0.0400. The lowest BCUT2D eigenvalue weighted by Gasteiger charge is -2.10. The maximum Gasteiger partial charge on any atom is 0.421 e. The van der Waals surface area contributed by atoms with E-state index in [0.29, 0.717) is 16.4 Å². The summed E-state index contributed by atoms with van der Waals surface area (Å²) in [7, 11) is -4.10. The van der Waals surface area contributed by atoms with Crippen LogP contribution in [0.25, 0.3) is 16.9 Å². The van der Waals surface area contributed by atoms with E-state index in [4.69, 9.17) is 11.6 Å². The summed E-state index contributed by atoms with van der Waals surface area (Å²) in [6, 6.07) is 13.8. The summed E-state index contributed by atoms with van der Waals surface area (Å²) in [4.78, 5) is 23.6. The van der Waals surface area contributed by atoms with Crippen LogP contribution in [-0.2, 0) is 14.8 Å². The molecule has 2 aromatic carbocycles. The molecule has 1 N–H and O–H groups in total. The fourth-order valence-corrected chi connectivity index (χ4v) is 3.66. The van der Waals surface area contributed by atoms with Crippen LogP contribution in [0.5, 0.6) is 0 Å². The predicted octanol–water partition coefficient (Wildman–Crippen LogP) is 3.30. The summed E-state index contributed by atoms with van der Waals surface area (Å²) in [5.74, 6) is 0. The Morgan fingerprint density at radius 3 is 2.47 bits per heavy atom. The van der Waals surface area contributed by atoms with E-state index < -0.39 is 16.1 Å². The summed E-state index contributed by atoms with van der Waals surface area (Å²) in [6.07, 6.45) is -1.06. The van der Waals surface area contributed by atoms with Crippen molar-refractivity contribution >= 4 is 27.7 Å². The fraction of sp³-hybridized carbons (Fsp3) is 0.150. The third kappa shape index (κ3) is 4.69. The topological polar surface area (TPSA) is 107 Å². The van der Waals surface area contributed by atoms with Gasteiger partial charge in [0.25, 0.3) is 15.6 Å². The average molecular weight is 448 g/mol. The Bertz CT molecular complexity index is 1250. The summed E-state index contributed by atoms with van der Waals surface area (Å²) >= 11 is 6.06. The molecule has 0 unspecified atom stereocenters. The Kier molecular flexibility index (Phi) is 6.23. The summed E-state index contributed by atoms with van der Waals surface area (Å²) in [5.41, 5.74) is 2.18. The lowest BCUT2D eigenvalue weighted by atomic mass is 10.1. The number of halogens is 1. The number of aryl methyl sites for hydroxylation is 1. The van der Waals surface area contributed by atoms with Crippen LogP contribution in [0.4, 0.5) is 4.79 Å². The minimum Gasteiger partial charge on any atom is -0.449 e. The first-order valence-corrected chi connectivity index (χ1v) is 10.7. The first kappa shape index (κ1) is 21.5. The van der Waals surface area contributed by atoms with Gasteiger partial charge in [0.2, 0.25) is 0 Å². The number of nitrogens with zero attached hydrogens (tertiary/aromatic N) is 2. The Morgan fingerprint density at radius 2 is 1.83 bits per heavy atom. The molecule has 3 rings (SSSR count). The number of aromatic nitrogens is 2. The summed E-state index contributed by atoms with van der Waals surface area (Å²) < 4.78 is 32.0. The van der Waals surface area contributed by atoms with Crippen LogP contribution in [-0.4, -0.2) is 30.9 Å². The van der Waals surface area contributed by atoms with E-state index in [-0.39, 0.29) is 17.1 Å². The number of sulfonamides is 1. The van der Waals surface area contributed by atoms with Crippen LogP contribution in [0, 0.1) is 6.92 Å². The second-order valence-corrected chi connectivity index (χ2v) is 8.34. The highest BCUT2D eigenvalue weighted by atomic mass is 35.5. The number of benzene rings is 2. The zero-order valence-electron chi connectivity index (χ0n) is 16.1. The predicted molar refractivity (Wildman–Crippen MR) is 112 cm³/mol. The van der Waals surface area contributed by atoms with E-state index in [2.05, 4.69) is 9.84 Å². The largest absolute Gasteiger partial charge is 0.449 e. The second-order valence-electron chi connectivity index (χ2n) is 6.25. The molecule has 8 nitrogen and oxygen atoms in total. The Morgan fingerprint density at radius 1 is 1.13 bits per heavy atom. The number of rotatable bonds is 5. The van der Waals surface area contributed by atoms with Crippen molar-refractivity contribution in [2.75, 3.05) is 6.61 Å². The van der Waals surface area contributed by atoms with Crippen molar-refractivity contribution in [2.24, 2.45) is 0 Å². The maximum absolute atomic E-state index is 12.3. The van der Waals surface area contributed by atoms with Gasteiger partial charge in [0.1, 0.15) is 0 Å². The zero-order valence-corrected chi connectivity index (χ0v) is 17.7. The Hall–Kier alpha value is -3.17. The van der Waals surface area contributed by atoms with Crippen molar-refractivity contribution in [1.82, 2.24) is 14.5 Å². The van der Waals surface area contributed by atoms with Gasteiger partial charge in [-0.25, -0.2) is 17.9 Å². The highest BCUT2D eigenvalue weighted by Gasteiger charge is 2.18. The molecule has 0 aliphatic carbocycles. The van der Waals surface area contributed by atoms with Crippen LogP contribution in [0.1, 0.15) is 12.5 Å².